The lowest BCUT2D eigenvalue weighted by Gasteiger charge is -2.21. The van der Waals surface area contributed by atoms with Crippen LogP contribution < -0.4 is 10.9 Å². The Morgan fingerprint density at radius 1 is 1.28 bits per heavy atom. The summed E-state index contributed by atoms with van der Waals surface area (Å²) in [6, 6.07) is 9.60. The van der Waals surface area contributed by atoms with Crippen LogP contribution in [0.15, 0.2) is 44.9 Å². The minimum atomic E-state index is -0.359. The molecule has 3 rings (SSSR count). The Kier molecular flexibility index (Phi) is 6.87. The van der Waals surface area contributed by atoms with Gasteiger partial charge in [-0.25, -0.2) is 4.79 Å². The molecule has 1 amide bonds. The van der Waals surface area contributed by atoms with E-state index in [1.807, 2.05) is 42.3 Å². The number of likely N-dealkylation sites (N-methyl/N-ethyl adjacent to an activating group) is 1. The second-order valence-corrected chi connectivity index (χ2v) is 8.64. The third-order valence-corrected chi connectivity index (χ3v) is 5.96. The summed E-state index contributed by atoms with van der Waals surface area (Å²) in [5.74, 6) is 0.357. The molecule has 3 aromatic rings. The number of benzene rings is 1. The first-order valence-electron chi connectivity index (χ1n) is 9.96. The van der Waals surface area contributed by atoms with Crippen LogP contribution in [0.1, 0.15) is 48.3 Å². The van der Waals surface area contributed by atoms with Gasteiger partial charge in [-0.3, -0.25) is 9.69 Å². The zero-order valence-corrected chi connectivity index (χ0v) is 18.3. The van der Waals surface area contributed by atoms with Crippen molar-refractivity contribution in [3.8, 4) is 0 Å². The summed E-state index contributed by atoms with van der Waals surface area (Å²) >= 11 is 1.63. The van der Waals surface area contributed by atoms with Crippen molar-refractivity contribution in [2.24, 2.45) is 0 Å². The molecular formula is C23H28N2O3S. The van der Waals surface area contributed by atoms with Crippen molar-refractivity contribution in [1.82, 2.24) is 10.2 Å². The SMILES string of the molecule is CCN(CC(=O)NCc1cccs1)Cc1cc(=O)oc2cc(C)c(C(C)C)cc12. The number of thiophene rings is 1. The molecule has 0 aliphatic rings. The molecule has 154 valence electrons. The van der Waals surface area contributed by atoms with Gasteiger partial charge in [-0.2, -0.15) is 0 Å². The van der Waals surface area contributed by atoms with E-state index in [1.165, 1.54) is 5.56 Å². The van der Waals surface area contributed by atoms with E-state index in [0.29, 0.717) is 31.1 Å². The van der Waals surface area contributed by atoms with Crippen LogP contribution in [0.5, 0.6) is 0 Å². The standard InChI is InChI=1S/C23H28N2O3S/c1-5-25(14-22(26)24-12-18-7-6-8-29-18)13-17-10-23(27)28-21-9-16(4)19(15(2)3)11-20(17)21/h6-11,15H,5,12-14H2,1-4H3,(H,24,26). The third kappa shape index (κ3) is 5.34. The van der Waals surface area contributed by atoms with Crippen LogP contribution in [0.3, 0.4) is 0 Å². The molecule has 0 saturated heterocycles. The molecule has 0 aliphatic carbocycles. The molecule has 0 unspecified atom stereocenters. The van der Waals surface area contributed by atoms with Crippen molar-refractivity contribution in [2.75, 3.05) is 13.1 Å². The highest BCUT2D eigenvalue weighted by atomic mass is 32.1. The number of hydrogen-bond acceptors (Lipinski definition) is 5. The lowest BCUT2D eigenvalue weighted by molar-refractivity contribution is -0.122. The minimum absolute atomic E-state index is 0.0220. The van der Waals surface area contributed by atoms with Gasteiger partial charge < -0.3 is 9.73 Å². The molecule has 1 aromatic carbocycles. The quantitative estimate of drug-likeness (QED) is 0.556. The number of amides is 1. The molecular weight excluding hydrogens is 384 g/mol. The van der Waals surface area contributed by atoms with E-state index in [9.17, 15) is 9.59 Å². The first-order chi connectivity index (χ1) is 13.9. The van der Waals surface area contributed by atoms with Gasteiger partial charge in [-0.15, -0.1) is 11.3 Å². The van der Waals surface area contributed by atoms with Crippen LogP contribution in [0, 0.1) is 6.92 Å². The highest BCUT2D eigenvalue weighted by molar-refractivity contribution is 7.09. The Hall–Kier alpha value is -2.44. The number of carbonyl (C=O) groups is 1. The summed E-state index contributed by atoms with van der Waals surface area (Å²) in [6.07, 6.45) is 0. The molecule has 2 aromatic heterocycles. The average Bonchev–Trinajstić information content (AvgIpc) is 3.18. The molecule has 0 atom stereocenters. The predicted octanol–water partition coefficient (Wildman–Crippen LogP) is 4.42. The van der Waals surface area contributed by atoms with Crippen LogP contribution in [-0.4, -0.2) is 23.9 Å². The monoisotopic (exact) mass is 412 g/mol. The summed E-state index contributed by atoms with van der Waals surface area (Å²) in [7, 11) is 0. The van der Waals surface area contributed by atoms with E-state index in [0.717, 1.165) is 21.4 Å². The number of rotatable bonds is 8. The maximum absolute atomic E-state index is 12.4. The van der Waals surface area contributed by atoms with Crippen molar-refractivity contribution in [3.05, 3.63) is 67.7 Å². The van der Waals surface area contributed by atoms with Crippen molar-refractivity contribution < 1.29 is 9.21 Å². The van der Waals surface area contributed by atoms with Crippen molar-refractivity contribution in [2.45, 2.75) is 46.7 Å². The zero-order chi connectivity index (χ0) is 21.0. The van der Waals surface area contributed by atoms with E-state index in [2.05, 4.69) is 25.2 Å². The fourth-order valence-corrected chi connectivity index (χ4v) is 4.17. The van der Waals surface area contributed by atoms with Gasteiger partial charge in [0.2, 0.25) is 5.91 Å². The Morgan fingerprint density at radius 3 is 2.72 bits per heavy atom. The Labute approximate surface area is 175 Å². The summed E-state index contributed by atoms with van der Waals surface area (Å²) in [5.41, 5.74) is 3.50. The van der Waals surface area contributed by atoms with Gasteiger partial charge in [-0.1, -0.05) is 26.8 Å². The topological polar surface area (TPSA) is 62.6 Å². The van der Waals surface area contributed by atoms with Gasteiger partial charge in [0.25, 0.3) is 0 Å². The Morgan fingerprint density at radius 2 is 2.07 bits per heavy atom. The molecule has 0 aliphatic heterocycles. The van der Waals surface area contributed by atoms with Crippen LogP contribution >= 0.6 is 11.3 Å². The Balaban J connectivity index is 1.80. The van der Waals surface area contributed by atoms with Crippen LogP contribution in [0.2, 0.25) is 0 Å². The van der Waals surface area contributed by atoms with Crippen molar-refractivity contribution in [3.63, 3.8) is 0 Å². The van der Waals surface area contributed by atoms with Crippen LogP contribution in [0.4, 0.5) is 0 Å². The molecule has 1 N–H and O–H groups in total. The molecule has 0 saturated carbocycles. The Bertz CT molecular complexity index is 1040. The normalized spacial score (nSPS) is 11.5. The summed E-state index contributed by atoms with van der Waals surface area (Å²) in [5, 5.41) is 5.91. The lowest BCUT2D eigenvalue weighted by atomic mass is 9.95. The first kappa shape index (κ1) is 21.3. The highest BCUT2D eigenvalue weighted by Crippen LogP contribution is 2.27. The van der Waals surface area contributed by atoms with E-state index in [-0.39, 0.29) is 18.1 Å². The van der Waals surface area contributed by atoms with E-state index < -0.39 is 0 Å². The van der Waals surface area contributed by atoms with Gasteiger partial charge in [0, 0.05) is 22.9 Å². The van der Waals surface area contributed by atoms with Gasteiger partial charge in [0.05, 0.1) is 13.1 Å². The van der Waals surface area contributed by atoms with E-state index in [4.69, 9.17) is 4.42 Å². The summed E-state index contributed by atoms with van der Waals surface area (Å²) < 4.78 is 5.44. The molecule has 0 radical (unpaired) electrons. The van der Waals surface area contributed by atoms with Crippen LogP contribution in [0.25, 0.3) is 11.0 Å². The summed E-state index contributed by atoms with van der Waals surface area (Å²) in [4.78, 5) is 27.6. The maximum atomic E-state index is 12.4. The minimum Gasteiger partial charge on any atom is -0.423 e. The molecule has 0 spiro atoms. The fourth-order valence-electron chi connectivity index (χ4n) is 3.52. The van der Waals surface area contributed by atoms with E-state index in [1.54, 1.807) is 17.4 Å². The van der Waals surface area contributed by atoms with Gasteiger partial charge in [0.15, 0.2) is 0 Å². The largest absolute Gasteiger partial charge is 0.423 e. The second-order valence-electron chi connectivity index (χ2n) is 7.61. The number of aryl methyl sites for hydroxylation is 1. The van der Waals surface area contributed by atoms with Crippen molar-refractivity contribution in [1.29, 1.82) is 0 Å². The molecule has 6 heteroatoms. The predicted molar refractivity (Wildman–Crippen MR) is 118 cm³/mol. The van der Waals surface area contributed by atoms with Gasteiger partial charge in [0.1, 0.15) is 5.58 Å². The average molecular weight is 413 g/mol. The molecule has 5 nitrogen and oxygen atoms in total. The molecule has 29 heavy (non-hydrogen) atoms. The third-order valence-electron chi connectivity index (χ3n) is 5.09. The zero-order valence-electron chi connectivity index (χ0n) is 17.5. The fraction of sp³-hybridized carbons (Fsp3) is 0.391. The molecule has 0 bridgehead atoms. The number of nitrogens with zero attached hydrogens (tertiary/aromatic N) is 1. The number of fused-ring (bicyclic) bond motifs is 1. The highest BCUT2D eigenvalue weighted by Gasteiger charge is 2.15. The smallest absolute Gasteiger partial charge is 0.336 e. The second kappa shape index (κ2) is 9.37. The maximum Gasteiger partial charge on any atom is 0.336 e. The number of carbonyl (C=O) groups excluding carboxylic acids is 1. The summed E-state index contributed by atoms with van der Waals surface area (Å²) in [6.45, 7) is 10.4. The lowest BCUT2D eigenvalue weighted by Crippen LogP contribution is -2.36. The van der Waals surface area contributed by atoms with Gasteiger partial charge in [-0.05, 0) is 59.7 Å². The number of hydrogen-bond donors (Lipinski definition) is 1. The van der Waals surface area contributed by atoms with E-state index >= 15 is 0 Å². The van der Waals surface area contributed by atoms with Gasteiger partial charge >= 0.3 is 5.63 Å². The number of nitrogens with one attached hydrogen (secondary N) is 1. The molecule has 2 heterocycles. The van der Waals surface area contributed by atoms with Crippen molar-refractivity contribution >= 4 is 28.2 Å². The van der Waals surface area contributed by atoms with Crippen LogP contribution in [-0.2, 0) is 17.9 Å². The first-order valence-corrected chi connectivity index (χ1v) is 10.8. The molecule has 0 fully saturated rings.